The molecule has 3 rings (SSSR count). The lowest BCUT2D eigenvalue weighted by atomic mass is 9.74. The summed E-state index contributed by atoms with van der Waals surface area (Å²) in [5.41, 5.74) is 2.76. The van der Waals surface area contributed by atoms with Crippen LogP contribution in [0.2, 0.25) is 0 Å². The lowest BCUT2D eigenvalue weighted by Gasteiger charge is -2.45. The third kappa shape index (κ3) is 3.92. The summed E-state index contributed by atoms with van der Waals surface area (Å²) in [6.07, 6.45) is 2.41. The van der Waals surface area contributed by atoms with Gasteiger partial charge in [0.1, 0.15) is 5.69 Å². The number of aliphatic hydroxyl groups excluding tert-OH is 2. The maximum Gasteiger partial charge on any atom is 0.271 e. The van der Waals surface area contributed by atoms with E-state index in [1.807, 2.05) is 19.1 Å². The normalized spacial score (nSPS) is 22.8. The second-order valence-corrected chi connectivity index (χ2v) is 7.52. The molecule has 2 atom stereocenters. The van der Waals surface area contributed by atoms with Gasteiger partial charge in [-0.1, -0.05) is 44.5 Å². The Bertz CT molecular complexity index is 771. The molecule has 2 aromatic rings. The van der Waals surface area contributed by atoms with Gasteiger partial charge in [-0.2, -0.15) is 5.10 Å². The number of rotatable bonds is 6. The number of amides is 1. The van der Waals surface area contributed by atoms with Crippen molar-refractivity contribution in [3.63, 3.8) is 0 Å². The van der Waals surface area contributed by atoms with Crippen LogP contribution >= 0.6 is 0 Å². The number of nitrogens with one attached hydrogen (secondary N) is 1. The number of hydrogen-bond donors (Lipinski definition) is 3. The SMILES string of the molecule is CCC[C@@]1(CO)CN(C(=O)c2cc(-c3ccc(CC)cc3)n[nH]2)CC[C@H]1O. The van der Waals surface area contributed by atoms with Gasteiger partial charge < -0.3 is 15.1 Å². The highest BCUT2D eigenvalue weighted by Gasteiger charge is 2.43. The summed E-state index contributed by atoms with van der Waals surface area (Å²) >= 11 is 0. The molecule has 1 aliphatic heterocycles. The fraction of sp³-hybridized carbons (Fsp3) is 0.524. The second-order valence-electron chi connectivity index (χ2n) is 7.52. The first-order chi connectivity index (χ1) is 13.0. The number of hydrogen-bond acceptors (Lipinski definition) is 4. The topological polar surface area (TPSA) is 89.5 Å². The number of aryl methyl sites for hydroxylation is 1. The molecule has 2 heterocycles. The van der Waals surface area contributed by atoms with E-state index in [0.717, 1.165) is 24.1 Å². The third-order valence-corrected chi connectivity index (χ3v) is 5.70. The zero-order valence-corrected chi connectivity index (χ0v) is 16.1. The lowest BCUT2D eigenvalue weighted by Crippen LogP contribution is -2.55. The minimum atomic E-state index is -0.637. The molecule has 1 aliphatic rings. The van der Waals surface area contributed by atoms with E-state index in [1.54, 1.807) is 11.0 Å². The maximum absolute atomic E-state index is 13.0. The van der Waals surface area contributed by atoms with E-state index in [4.69, 9.17) is 0 Å². The first kappa shape index (κ1) is 19.6. The van der Waals surface area contributed by atoms with E-state index in [-0.39, 0.29) is 12.5 Å². The number of piperidine rings is 1. The van der Waals surface area contributed by atoms with Crippen LogP contribution in [0.1, 0.15) is 49.2 Å². The van der Waals surface area contributed by atoms with Crippen molar-refractivity contribution < 1.29 is 15.0 Å². The first-order valence-electron chi connectivity index (χ1n) is 9.76. The predicted octanol–water partition coefficient (Wildman–Crippen LogP) is 2.62. The van der Waals surface area contributed by atoms with Crippen LogP contribution in [-0.2, 0) is 6.42 Å². The molecule has 146 valence electrons. The zero-order valence-electron chi connectivity index (χ0n) is 16.1. The van der Waals surface area contributed by atoms with Crippen molar-refractivity contribution in [1.82, 2.24) is 15.1 Å². The molecule has 1 fully saturated rings. The quantitative estimate of drug-likeness (QED) is 0.728. The summed E-state index contributed by atoms with van der Waals surface area (Å²) in [5.74, 6) is -0.139. The minimum absolute atomic E-state index is 0.121. The summed E-state index contributed by atoms with van der Waals surface area (Å²) < 4.78 is 0. The second kappa shape index (κ2) is 8.23. The summed E-state index contributed by atoms with van der Waals surface area (Å²) in [7, 11) is 0. The molecule has 0 saturated carbocycles. The Hall–Kier alpha value is -2.18. The van der Waals surface area contributed by atoms with Crippen LogP contribution in [0.4, 0.5) is 0 Å². The highest BCUT2D eigenvalue weighted by Crippen LogP contribution is 2.35. The number of aromatic amines is 1. The molecule has 1 saturated heterocycles. The third-order valence-electron chi connectivity index (χ3n) is 5.70. The van der Waals surface area contributed by atoms with Crippen molar-refractivity contribution in [2.45, 2.75) is 45.6 Å². The number of aliphatic hydroxyl groups is 2. The average molecular weight is 371 g/mol. The van der Waals surface area contributed by atoms with Gasteiger partial charge >= 0.3 is 0 Å². The Morgan fingerprint density at radius 2 is 2.07 bits per heavy atom. The molecule has 6 nitrogen and oxygen atoms in total. The molecule has 1 aromatic heterocycles. The molecule has 1 aromatic carbocycles. The molecule has 0 spiro atoms. The van der Waals surface area contributed by atoms with E-state index in [2.05, 4.69) is 29.3 Å². The highest BCUT2D eigenvalue weighted by molar-refractivity contribution is 5.93. The van der Waals surface area contributed by atoms with Gasteiger partial charge in [-0.3, -0.25) is 9.89 Å². The Labute approximate surface area is 160 Å². The van der Waals surface area contributed by atoms with Crippen molar-refractivity contribution >= 4 is 5.91 Å². The van der Waals surface area contributed by atoms with Crippen molar-refractivity contribution in [3.05, 3.63) is 41.6 Å². The first-order valence-corrected chi connectivity index (χ1v) is 9.76. The molecule has 0 aliphatic carbocycles. The Kier molecular flexibility index (Phi) is 5.97. The molecule has 3 N–H and O–H groups in total. The molecule has 0 unspecified atom stereocenters. The molecule has 1 amide bonds. The zero-order chi connectivity index (χ0) is 19.4. The van der Waals surface area contributed by atoms with Crippen LogP contribution in [0.15, 0.2) is 30.3 Å². The number of carbonyl (C=O) groups is 1. The van der Waals surface area contributed by atoms with Gasteiger partial charge in [0.2, 0.25) is 0 Å². The standard InChI is InChI=1S/C21H29N3O3/c1-3-10-21(14-25)13-24(11-9-19(21)26)20(27)18-12-17(22-23-18)16-7-5-15(4-2)6-8-16/h5-8,12,19,25-26H,3-4,9-11,13-14H2,1-2H3,(H,22,23)/t19-,21+/m1/s1. The van der Waals surface area contributed by atoms with Gasteiger partial charge in [0, 0.05) is 24.1 Å². The number of nitrogens with zero attached hydrogens (tertiary/aromatic N) is 2. The fourth-order valence-electron chi connectivity index (χ4n) is 3.96. The van der Waals surface area contributed by atoms with Crippen molar-refractivity contribution in [2.75, 3.05) is 19.7 Å². The maximum atomic E-state index is 13.0. The molecule has 0 bridgehead atoms. The van der Waals surface area contributed by atoms with Gasteiger partial charge in [-0.25, -0.2) is 0 Å². The smallest absolute Gasteiger partial charge is 0.271 e. The monoisotopic (exact) mass is 371 g/mol. The van der Waals surface area contributed by atoms with Crippen LogP contribution < -0.4 is 0 Å². The number of H-pyrrole nitrogens is 1. The van der Waals surface area contributed by atoms with Crippen molar-refractivity contribution in [1.29, 1.82) is 0 Å². The number of aromatic nitrogens is 2. The van der Waals surface area contributed by atoms with E-state index >= 15 is 0 Å². The van der Waals surface area contributed by atoms with Crippen LogP contribution in [0.5, 0.6) is 0 Å². The van der Waals surface area contributed by atoms with Gasteiger partial charge in [-0.05, 0) is 30.9 Å². The summed E-state index contributed by atoms with van der Waals surface area (Å²) in [6, 6.07) is 9.93. The van der Waals surface area contributed by atoms with E-state index < -0.39 is 11.5 Å². The van der Waals surface area contributed by atoms with Crippen molar-refractivity contribution in [2.24, 2.45) is 5.41 Å². The predicted molar refractivity (Wildman–Crippen MR) is 104 cm³/mol. The van der Waals surface area contributed by atoms with Crippen LogP contribution in [-0.4, -0.2) is 57.0 Å². The number of benzene rings is 1. The van der Waals surface area contributed by atoms with Gasteiger partial charge in [0.05, 0.1) is 18.4 Å². The molecule has 0 radical (unpaired) electrons. The molecular weight excluding hydrogens is 342 g/mol. The van der Waals surface area contributed by atoms with Crippen LogP contribution in [0.25, 0.3) is 11.3 Å². The Balaban J connectivity index is 1.77. The summed E-state index contributed by atoms with van der Waals surface area (Å²) in [5, 5.41) is 27.4. The van der Waals surface area contributed by atoms with E-state index in [0.29, 0.717) is 31.6 Å². The van der Waals surface area contributed by atoms with Crippen LogP contribution in [0.3, 0.4) is 0 Å². The number of carbonyl (C=O) groups excluding carboxylic acids is 1. The van der Waals surface area contributed by atoms with Gasteiger partial charge in [0.25, 0.3) is 5.91 Å². The number of likely N-dealkylation sites (tertiary alicyclic amines) is 1. The van der Waals surface area contributed by atoms with Crippen molar-refractivity contribution in [3.8, 4) is 11.3 Å². The average Bonchev–Trinajstić information content (AvgIpc) is 3.19. The molecular formula is C21H29N3O3. The molecule has 6 heteroatoms. The van der Waals surface area contributed by atoms with Gasteiger partial charge in [-0.15, -0.1) is 0 Å². The highest BCUT2D eigenvalue weighted by atomic mass is 16.3. The summed E-state index contributed by atoms with van der Waals surface area (Å²) in [4.78, 5) is 14.7. The molecule has 27 heavy (non-hydrogen) atoms. The summed E-state index contributed by atoms with van der Waals surface area (Å²) in [6.45, 7) is 4.85. The minimum Gasteiger partial charge on any atom is -0.396 e. The largest absolute Gasteiger partial charge is 0.396 e. The lowest BCUT2D eigenvalue weighted by molar-refractivity contribution is -0.0721. The Morgan fingerprint density at radius 1 is 1.33 bits per heavy atom. The fourth-order valence-corrected chi connectivity index (χ4v) is 3.96. The van der Waals surface area contributed by atoms with Crippen LogP contribution in [0, 0.1) is 5.41 Å². The van der Waals surface area contributed by atoms with E-state index in [9.17, 15) is 15.0 Å². The Morgan fingerprint density at radius 3 is 2.70 bits per heavy atom. The van der Waals surface area contributed by atoms with Gasteiger partial charge in [0.15, 0.2) is 0 Å². The van der Waals surface area contributed by atoms with E-state index in [1.165, 1.54) is 5.56 Å².